The zero-order chi connectivity index (χ0) is 16.6. The Morgan fingerprint density at radius 3 is 2.55 bits per heavy atom. The first-order valence-corrected chi connectivity index (χ1v) is 6.82. The predicted octanol–water partition coefficient (Wildman–Crippen LogP) is 3.95. The number of carbonyl (C=O) groups excluding carboxylic acids is 1. The summed E-state index contributed by atoms with van der Waals surface area (Å²) in [6.07, 6.45) is 0. The highest BCUT2D eigenvalue weighted by molar-refractivity contribution is 9.10. The first-order chi connectivity index (χ1) is 10.3. The number of hydrogen-bond acceptors (Lipinski definition) is 4. The maximum absolute atomic E-state index is 14.2. The molecular formula is C13H7BrClF3N2O2. The van der Waals surface area contributed by atoms with Gasteiger partial charge in [-0.25, -0.2) is 22.9 Å². The highest BCUT2D eigenvalue weighted by atomic mass is 79.9. The van der Waals surface area contributed by atoms with Crippen molar-refractivity contribution in [3.63, 3.8) is 0 Å². The molecule has 1 aromatic heterocycles. The molecule has 22 heavy (non-hydrogen) atoms. The van der Waals surface area contributed by atoms with Gasteiger partial charge >= 0.3 is 5.97 Å². The molecular weight excluding hydrogens is 389 g/mol. The second-order valence-electron chi connectivity index (χ2n) is 4.09. The molecule has 0 aliphatic carbocycles. The molecule has 0 aliphatic heterocycles. The Morgan fingerprint density at radius 1 is 1.32 bits per heavy atom. The molecule has 4 nitrogen and oxygen atoms in total. The molecule has 0 unspecified atom stereocenters. The number of halogens is 5. The van der Waals surface area contributed by atoms with Crippen molar-refractivity contribution in [1.82, 2.24) is 4.98 Å². The zero-order valence-corrected chi connectivity index (χ0v) is 13.2. The van der Waals surface area contributed by atoms with Crippen molar-refractivity contribution in [3.05, 3.63) is 44.8 Å². The number of methoxy groups -OCH3 is 1. The summed E-state index contributed by atoms with van der Waals surface area (Å²) < 4.78 is 46.0. The van der Waals surface area contributed by atoms with Gasteiger partial charge in [-0.15, -0.1) is 0 Å². The molecule has 116 valence electrons. The summed E-state index contributed by atoms with van der Waals surface area (Å²) in [4.78, 5) is 15.2. The van der Waals surface area contributed by atoms with Crippen molar-refractivity contribution in [2.24, 2.45) is 0 Å². The number of nitrogen functional groups attached to an aromatic ring is 1. The van der Waals surface area contributed by atoms with E-state index < -0.39 is 51.1 Å². The van der Waals surface area contributed by atoms with Crippen LogP contribution in [0.25, 0.3) is 11.3 Å². The summed E-state index contributed by atoms with van der Waals surface area (Å²) in [7, 11) is 1.06. The van der Waals surface area contributed by atoms with E-state index in [1.54, 1.807) is 0 Å². The number of hydrogen-bond donors (Lipinski definition) is 1. The average Bonchev–Trinajstić information content (AvgIpc) is 2.48. The lowest BCUT2D eigenvalue weighted by molar-refractivity contribution is 0.0594. The topological polar surface area (TPSA) is 65.2 Å². The number of esters is 1. The van der Waals surface area contributed by atoms with Crippen LogP contribution in [0.2, 0.25) is 5.02 Å². The summed E-state index contributed by atoms with van der Waals surface area (Å²) in [6.45, 7) is 0. The van der Waals surface area contributed by atoms with E-state index in [0.29, 0.717) is 0 Å². The highest BCUT2D eigenvalue weighted by Crippen LogP contribution is 2.34. The molecule has 2 rings (SSSR count). The molecule has 0 saturated carbocycles. The van der Waals surface area contributed by atoms with Crippen LogP contribution in [0.1, 0.15) is 10.5 Å². The SMILES string of the molecule is COC(=O)c1nc(-c2cc(F)c(Br)cc2F)c(F)c(N)c1Cl. The number of benzene rings is 1. The second-order valence-corrected chi connectivity index (χ2v) is 5.32. The van der Waals surface area contributed by atoms with Gasteiger partial charge in [0, 0.05) is 5.56 Å². The van der Waals surface area contributed by atoms with Gasteiger partial charge in [0.2, 0.25) is 0 Å². The number of ether oxygens (including phenoxy) is 1. The Kier molecular flexibility index (Phi) is 4.62. The standard InChI is InChI=1S/C13H7BrClF3N2O2/c1-22-13(21)12-8(15)10(19)9(18)11(20-12)4-2-7(17)5(14)3-6(4)16/h2-3H,1H3,(H2,19,20). The van der Waals surface area contributed by atoms with Crippen LogP contribution in [0.5, 0.6) is 0 Å². The van der Waals surface area contributed by atoms with E-state index in [1.807, 2.05) is 0 Å². The second kappa shape index (κ2) is 6.13. The molecule has 0 aliphatic rings. The lowest BCUT2D eigenvalue weighted by Gasteiger charge is -2.11. The van der Waals surface area contributed by atoms with E-state index in [1.165, 1.54) is 0 Å². The zero-order valence-electron chi connectivity index (χ0n) is 10.9. The van der Waals surface area contributed by atoms with E-state index in [0.717, 1.165) is 19.2 Å². The number of aromatic nitrogens is 1. The molecule has 9 heteroatoms. The number of nitrogens with zero attached hydrogens (tertiary/aromatic N) is 1. The third-order valence-electron chi connectivity index (χ3n) is 2.76. The number of anilines is 1. The van der Waals surface area contributed by atoms with Crippen molar-refractivity contribution in [3.8, 4) is 11.3 Å². The fourth-order valence-electron chi connectivity index (χ4n) is 1.68. The number of rotatable bonds is 2. The normalized spacial score (nSPS) is 10.6. The predicted molar refractivity (Wildman–Crippen MR) is 78.0 cm³/mol. The van der Waals surface area contributed by atoms with E-state index in [-0.39, 0.29) is 4.47 Å². The van der Waals surface area contributed by atoms with Crippen LogP contribution in [-0.4, -0.2) is 18.1 Å². The molecule has 1 heterocycles. The first-order valence-electron chi connectivity index (χ1n) is 5.65. The number of carbonyl (C=O) groups is 1. The Bertz CT molecular complexity index is 787. The smallest absolute Gasteiger partial charge is 0.358 e. The van der Waals surface area contributed by atoms with Gasteiger partial charge < -0.3 is 10.5 Å². The minimum Gasteiger partial charge on any atom is -0.464 e. The Labute approximate surface area is 136 Å². The van der Waals surface area contributed by atoms with Crippen LogP contribution >= 0.6 is 27.5 Å². The van der Waals surface area contributed by atoms with Gasteiger partial charge in [0.05, 0.1) is 22.3 Å². The largest absolute Gasteiger partial charge is 0.464 e. The third kappa shape index (κ3) is 2.76. The van der Waals surface area contributed by atoms with Crippen molar-refractivity contribution < 1.29 is 22.7 Å². The van der Waals surface area contributed by atoms with Gasteiger partial charge in [0.1, 0.15) is 17.3 Å². The maximum atomic E-state index is 14.2. The van der Waals surface area contributed by atoms with E-state index in [4.69, 9.17) is 17.3 Å². The van der Waals surface area contributed by atoms with Crippen LogP contribution in [-0.2, 0) is 4.74 Å². The summed E-state index contributed by atoms with van der Waals surface area (Å²) >= 11 is 8.52. The quantitative estimate of drug-likeness (QED) is 0.618. The molecule has 0 bridgehead atoms. The average molecular weight is 396 g/mol. The third-order valence-corrected chi connectivity index (χ3v) is 3.75. The minimum atomic E-state index is -1.17. The van der Waals surface area contributed by atoms with Crippen LogP contribution < -0.4 is 5.73 Å². The molecule has 0 amide bonds. The van der Waals surface area contributed by atoms with Gasteiger partial charge in [-0.2, -0.15) is 0 Å². The van der Waals surface area contributed by atoms with Gasteiger partial charge in [0.15, 0.2) is 11.5 Å². The lowest BCUT2D eigenvalue weighted by atomic mass is 10.1. The van der Waals surface area contributed by atoms with E-state index in [2.05, 4.69) is 25.7 Å². The fourth-order valence-corrected chi connectivity index (χ4v) is 2.19. The lowest BCUT2D eigenvalue weighted by Crippen LogP contribution is -2.11. The van der Waals surface area contributed by atoms with E-state index in [9.17, 15) is 18.0 Å². The molecule has 0 fully saturated rings. The number of pyridine rings is 1. The Balaban J connectivity index is 2.79. The molecule has 1 aromatic carbocycles. The van der Waals surface area contributed by atoms with Gasteiger partial charge in [-0.3, -0.25) is 0 Å². The maximum Gasteiger partial charge on any atom is 0.358 e. The van der Waals surface area contributed by atoms with Gasteiger partial charge in [-0.1, -0.05) is 11.6 Å². The summed E-state index contributed by atoms with van der Waals surface area (Å²) in [6, 6.07) is 1.52. The molecule has 2 aromatic rings. The molecule has 2 N–H and O–H groups in total. The highest BCUT2D eigenvalue weighted by Gasteiger charge is 2.24. The van der Waals surface area contributed by atoms with Crippen LogP contribution in [0, 0.1) is 17.5 Å². The first kappa shape index (κ1) is 16.6. The summed E-state index contributed by atoms with van der Waals surface area (Å²) in [5.74, 6) is -3.96. The summed E-state index contributed by atoms with van der Waals surface area (Å²) in [5, 5.41) is -0.467. The summed E-state index contributed by atoms with van der Waals surface area (Å²) in [5.41, 5.74) is 3.18. The molecule has 0 radical (unpaired) electrons. The van der Waals surface area contributed by atoms with E-state index >= 15 is 0 Å². The molecule has 0 spiro atoms. The van der Waals surface area contributed by atoms with Crippen molar-refractivity contribution in [2.75, 3.05) is 12.8 Å². The van der Waals surface area contributed by atoms with Crippen molar-refractivity contribution >= 4 is 39.2 Å². The fraction of sp³-hybridized carbons (Fsp3) is 0.0769. The van der Waals surface area contributed by atoms with Crippen molar-refractivity contribution in [2.45, 2.75) is 0 Å². The van der Waals surface area contributed by atoms with Crippen LogP contribution in [0.4, 0.5) is 18.9 Å². The van der Waals surface area contributed by atoms with Crippen molar-refractivity contribution in [1.29, 1.82) is 0 Å². The van der Waals surface area contributed by atoms with Crippen LogP contribution in [0.3, 0.4) is 0 Å². The molecule has 0 atom stereocenters. The monoisotopic (exact) mass is 394 g/mol. The number of nitrogens with two attached hydrogens (primary N) is 1. The van der Waals surface area contributed by atoms with Gasteiger partial charge in [0.25, 0.3) is 0 Å². The van der Waals surface area contributed by atoms with Gasteiger partial charge in [-0.05, 0) is 28.1 Å². The Hall–Kier alpha value is -1.80. The minimum absolute atomic E-state index is 0.149. The Morgan fingerprint density at radius 2 is 1.95 bits per heavy atom. The van der Waals surface area contributed by atoms with Crippen LogP contribution in [0.15, 0.2) is 16.6 Å². The molecule has 0 saturated heterocycles.